The fourth-order valence-corrected chi connectivity index (χ4v) is 4.36. The van der Waals surface area contributed by atoms with E-state index in [4.69, 9.17) is 9.47 Å². The summed E-state index contributed by atoms with van der Waals surface area (Å²) in [4.78, 5) is 2.27. The molecule has 0 aliphatic heterocycles. The Bertz CT molecular complexity index is 1400. The van der Waals surface area contributed by atoms with Gasteiger partial charge in [0, 0.05) is 17.1 Å². The predicted molar refractivity (Wildman–Crippen MR) is 154 cm³/mol. The van der Waals surface area contributed by atoms with Crippen molar-refractivity contribution < 1.29 is 9.47 Å². The van der Waals surface area contributed by atoms with Crippen LogP contribution >= 0.6 is 0 Å². The zero-order valence-electron chi connectivity index (χ0n) is 21.0. The highest BCUT2D eigenvalue weighted by molar-refractivity contribution is 5.92. The Hall–Kier alpha value is -4.76. The number of methoxy groups -OCH3 is 2. The number of ether oxygens (including phenoxy) is 2. The summed E-state index contributed by atoms with van der Waals surface area (Å²) in [7, 11) is 3.37. The number of rotatable bonds is 8. The molecule has 0 amide bonds. The van der Waals surface area contributed by atoms with Gasteiger partial charge in [-0.05, 0) is 89.0 Å². The number of benzene rings is 5. The van der Waals surface area contributed by atoms with E-state index in [0.29, 0.717) is 0 Å². The third-order valence-electron chi connectivity index (χ3n) is 6.29. The lowest BCUT2D eigenvalue weighted by Gasteiger charge is -2.25. The monoisotopic (exact) mass is 483 g/mol. The van der Waals surface area contributed by atoms with Crippen molar-refractivity contribution in [3.05, 3.63) is 150 Å². The molecule has 0 aliphatic rings. The van der Waals surface area contributed by atoms with Crippen molar-refractivity contribution in [2.24, 2.45) is 0 Å². The molecule has 5 aromatic carbocycles. The lowest BCUT2D eigenvalue weighted by molar-refractivity contribution is 0.414. The van der Waals surface area contributed by atoms with E-state index in [9.17, 15) is 0 Å². The van der Waals surface area contributed by atoms with Crippen LogP contribution in [-0.2, 0) is 0 Å². The van der Waals surface area contributed by atoms with Crippen molar-refractivity contribution in [1.82, 2.24) is 0 Å². The molecule has 0 heterocycles. The minimum absolute atomic E-state index is 0.837. The second kappa shape index (κ2) is 11.3. The molecule has 0 saturated carbocycles. The number of para-hydroxylation sites is 2. The van der Waals surface area contributed by atoms with E-state index < -0.39 is 0 Å². The Morgan fingerprint density at radius 1 is 0.486 bits per heavy atom. The summed E-state index contributed by atoms with van der Waals surface area (Å²) in [5.74, 6) is 1.68. The zero-order valence-corrected chi connectivity index (χ0v) is 21.0. The smallest absolute Gasteiger partial charge is 0.118 e. The van der Waals surface area contributed by atoms with Crippen molar-refractivity contribution in [3.8, 4) is 11.5 Å². The Morgan fingerprint density at radius 3 is 1.35 bits per heavy atom. The van der Waals surface area contributed by atoms with Gasteiger partial charge in [0.05, 0.1) is 14.2 Å². The lowest BCUT2D eigenvalue weighted by atomic mass is 9.95. The molecule has 0 aromatic heterocycles. The van der Waals surface area contributed by atoms with Crippen molar-refractivity contribution in [2.45, 2.75) is 0 Å². The van der Waals surface area contributed by atoms with Crippen LogP contribution in [0.1, 0.15) is 16.7 Å². The van der Waals surface area contributed by atoms with Gasteiger partial charge in [0.1, 0.15) is 11.5 Å². The van der Waals surface area contributed by atoms with E-state index >= 15 is 0 Å². The summed E-state index contributed by atoms with van der Waals surface area (Å²) in [6.07, 6.45) is 2.21. The molecule has 37 heavy (non-hydrogen) atoms. The van der Waals surface area contributed by atoms with Crippen LogP contribution in [0.5, 0.6) is 11.5 Å². The molecule has 3 heteroatoms. The first kappa shape index (κ1) is 24.0. The summed E-state index contributed by atoms with van der Waals surface area (Å²) in [6.45, 7) is 0. The van der Waals surface area contributed by atoms with E-state index in [2.05, 4.69) is 108 Å². The van der Waals surface area contributed by atoms with E-state index in [-0.39, 0.29) is 0 Å². The van der Waals surface area contributed by atoms with Gasteiger partial charge < -0.3 is 14.4 Å². The standard InChI is InChI=1S/C34H29NO2/c1-36-32-21-13-26(14-22-32)25-34(28-17-23-33(37-2)24-18-28)27-15-19-31(20-16-27)35(29-9-5-3-6-10-29)30-11-7-4-8-12-30/h3-25H,1-2H3/b34-25-. The van der Waals surface area contributed by atoms with E-state index in [1.165, 1.54) is 0 Å². The average molecular weight is 484 g/mol. The van der Waals surface area contributed by atoms with Crippen LogP contribution in [0.25, 0.3) is 11.6 Å². The fraction of sp³-hybridized carbons (Fsp3) is 0.0588. The van der Waals surface area contributed by atoms with Crippen molar-refractivity contribution in [1.29, 1.82) is 0 Å². The van der Waals surface area contributed by atoms with Crippen LogP contribution in [0.3, 0.4) is 0 Å². The van der Waals surface area contributed by atoms with Gasteiger partial charge in [0.25, 0.3) is 0 Å². The Labute approximate surface area is 218 Å². The largest absolute Gasteiger partial charge is 0.497 e. The molecule has 0 radical (unpaired) electrons. The summed E-state index contributed by atoms with van der Waals surface area (Å²) in [6, 6.07) is 45.9. The first-order valence-electron chi connectivity index (χ1n) is 12.3. The molecule has 3 nitrogen and oxygen atoms in total. The summed E-state index contributed by atoms with van der Waals surface area (Å²) < 4.78 is 10.7. The van der Waals surface area contributed by atoms with Crippen molar-refractivity contribution >= 4 is 28.7 Å². The van der Waals surface area contributed by atoms with Crippen LogP contribution < -0.4 is 14.4 Å². The van der Waals surface area contributed by atoms with Gasteiger partial charge in [0.15, 0.2) is 0 Å². The minimum Gasteiger partial charge on any atom is -0.497 e. The first-order valence-corrected chi connectivity index (χ1v) is 12.3. The van der Waals surface area contributed by atoms with Gasteiger partial charge in [0.2, 0.25) is 0 Å². The van der Waals surface area contributed by atoms with E-state index in [1.54, 1.807) is 14.2 Å². The molecule has 0 unspecified atom stereocenters. The second-order valence-electron chi connectivity index (χ2n) is 8.61. The molecule has 0 saturated heterocycles. The molecular weight excluding hydrogens is 454 g/mol. The summed E-state index contributed by atoms with van der Waals surface area (Å²) >= 11 is 0. The predicted octanol–water partition coefficient (Wildman–Crippen LogP) is 8.76. The molecule has 0 fully saturated rings. The van der Waals surface area contributed by atoms with Crippen LogP contribution in [0.4, 0.5) is 17.1 Å². The van der Waals surface area contributed by atoms with Crippen LogP contribution in [-0.4, -0.2) is 14.2 Å². The highest BCUT2D eigenvalue weighted by Crippen LogP contribution is 2.36. The lowest BCUT2D eigenvalue weighted by Crippen LogP contribution is -2.09. The minimum atomic E-state index is 0.837. The van der Waals surface area contributed by atoms with Gasteiger partial charge in [-0.15, -0.1) is 0 Å². The molecule has 5 rings (SSSR count). The fourth-order valence-electron chi connectivity index (χ4n) is 4.36. The molecular formula is C34H29NO2. The van der Waals surface area contributed by atoms with Gasteiger partial charge in [-0.1, -0.05) is 72.8 Å². The highest BCUT2D eigenvalue weighted by atomic mass is 16.5. The third kappa shape index (κ3) is 5.57. The van der Waals surface area contributed by atoms with E-state index in [1.807, 2.05) is 36.4 Å². The number of hydrogen-bond donors (Lipinski definition) is 0. The first-order chi connectivity index (χ1) is 18.2. The second-order valence-corrected chi connectivity index (χ2v) is 8.61. The zero-order chi connectivity index (χ0) is 25.5. The van der Waals surface area contributed by atoms with Crippen molar-refractivity contribution in [2.75, 3.05) is 19.1 Å². The van der Waals surface area contributed by atoms with Gasteiger partial charge >= 0.3 is 0 Å². The summed E-state index contributed by atoms with van der Waals surface area (Å²) in [5.41, 5.74) is 7.81. The maximum absolute atomic E-state index is 5.39. The van der Waals surface area contributed by atoms with Crippen LogP contribution in [0, 0.1) is 0 Å². The molecule has 182 valence electrons. The SMILES string of the molecule is COc1ccc(/C=C(\c2ccc(OC)cc2)c2ccc(N(c3ccccc3)c3ccccc3)cc2)cc1. The Balaban J connectivity index is 1.56. The Morgan fingerprint density at radius 2 is 0.892 bits per heavy atom. The van der Waals surface area contributed by atoms with Crippen molar-refractivity contribution in [3.63, 3.8) is 0 Å². The number of nitrogens with zero attached hydrogens (tertiary/aromatic N) is 1. The molecule has 0 spiro atoms. The molecule has 0 bridgehead atoms. The van der Waals surface area contributed by atoms with Gasteiger partial charge in [-0.2, -0.15) is 0 Å². The summed E-state index contributed by atoms with van der Waals surface area (Å²) in [5, 5.41) is 0. The molecule has 0 N–H and O–H groups in total. The third-order valence-corrected chi connectivity index (χ3v) is 6.29. The molecule has 0 atom stereocenters. The van der Waals surface area contributed by atoms with Gasteiger partial charge in [-0.3, -0.25) is 0 Å². The van der Waals surface area contributed by atoms with E-state index in [0.717, 1.165) is 50.8 Å². The maximum atomic E-state index is 5.39. The Kier molecular flexibility index (Phi) is 7.33. The van der Waals surface area contributed by atoms with Crippen LogP contribution in [0.15, 0.2) is 133 Å². The molecule has 5 aromatic rings. The highest BCUT2D eigenvalue weighted by Gasteiger charge is 2.13. The molecule has 0 aliphatic carbocycles. The number of anilines is 3. The van der Waals surface area contributed by atoms with Crippen LogP contribution in [0.2, 0.25) is 0 Å². The number of hydrogen-bond acceptors (Lipinski definition) is 3. The average Bonchev–Trinajstić information content (AvgIpc) is 2.98. The quantitative estimate of drug-likeness (QED) is 0.206. The topological polar surface area (TPSA) is 21.7 Å². The maximum Gasteiger partial charge on any atom is 0.118 e. The normalized spacial score (nSPS) is 11.1. The van der Waals surface area contributed by atoms with Gasteiger partial charge in [-0.25, -0.2) is 0 Å².